The minimum atomic E-state index is -1.12. The van der Waals surface area contributed by atoms with E-state index in [1.807, 2.05) is 30.3 Å². The van der Waals surface area contributed by atoms with Crippen molar-refractivity contribution < 1.29 is 24.2 Å². The summed E-state index contributed by atoms with van der Waals surface area (Å²) in [4.78, 5) is 39.6. The van der Waals surface area contributed by atoms with Gasteiger partial charge in [0.15, 0.2) is 0 Å². The number of nitrogens with zero attached hydrogens (tertiary/aromatic N) is 1. The van der Waals surface area contributed by atoms with Crippen molar-refractivity contribution in [3.05, 3.63) is 48.0 Å². The number of carbonyl (C=O) groups is 3. The van der Waals surface area contributed by atoms with E-state index in [-0.39, 0.29) is 17.9 Å². The number of hydrogen-bond donors (Lipinski definition) is 3. The van der Waals surface area contributed by atoms with Gasteiger partial charge in [0.05, 0.1) is 18.4 Å². The van der Waals surface area contributed by atoms with Crippen molar-refractivity contribution in [2.45, 2.75) is 38.0 Å². The van der Waals surface area contributed by atoms with Gasteiger partial charge in [-0.25, -0.2) is 0 Å². The van der Waals surface area contributed by atoms with Gasteiger partial charge >= 0.3 is 0 Å². The maximum absolute atomic E-state index is 13.3. The molecule has 1 saturated heterocycles. The molecule has 0 spiro atoms. The lowest BCUT2D eigenvalue weighted by Gasteiger charge is -2.37. The first kappa shape index (κ1) is 20.9. The molecule has 3 amide bonds. The lowest BCUT2D eigenvalue weighted by atomic mass is 9.95. The molecule has 162 valence electrons. The van der Waals surface area contributed by atoms with Crippen molar-refractivity contribution in [2.24, 2.45) is 0 Å². The van der Waals surface area contributed by atoms with Crippen LogP contribution in [0.4, 0.5) is 5.69 Å². The zero-order valence-electron chi connectivity index (χ0n) is 17.4. The molecule has 0 radical (unpaired) electrons. The van der Waals surface area contributed by atoms with Crippen molar-refractivity contribution in [3.8, 4) is 16.9 Å². The fraction of sp³-hybridized carbons (Fsp3) is 0.348. The molecule has 0 bridgehead atoms. The minimum absolute atomic E-state index is 0.214. The van der Waals surface area contributed by atoms with Crippen LogP contribution in [-0.2, 0) is 9.59 Å². The molecule has 0 unspecified atom stereocenters. The standard InChI is InChI=1S/C23H25N3O5/c1-13(27)21(28)24-16-9-10-26-20(12-16)22(29)25-19-8-5-15(11-18(19)23(26)30)14-3-6-17(31-2)7-4-14/h3-8,11,13,16,20,27H,9-10,12H2,1-2H3,(H,24,28)(H,25,29)/t13-,16-,20-/m0/s1. The van der Waals surface area contributed by atoms with Gasteiger partial charge in [-0.05, 0) is 55.2 Å². The van der Waals surface area contributed by atoms with E-state index in [9.17, 15) is 19.5 Å². The van der Waals surface area contributed by atoms with Crippen molar-refractivity contribution >= 4 is 23.4 Å². The van der Waals surface area contributed by atoms with Gasteiger partial charge in [0, 0.05) is 12.6 Å². The van der Waals surface area contributed by atoms with Crippen LogP contribution in [0.5, 0.6) is 5.75 Å². The quantitative estimate of drug-likeness (QED) is 0.695. The third-order valence-electron chi connectivity index (χ3n) is 5.82. The number of piperidine rings is 1. The molecule has 8 nitrogen and oxygen atoms in total. The number of aliphatic hydroxyl groups is 1. The van der Waals surface area contributed by atoms with E-state index >= 15 is 0 Å². The highest BCUT2D eigenvalue weighted by Crippen LogP contribution is 2.32. The van der Waals surface area contributed by atoms with Crippen LogP contribution >= 0.6 is 0 Å². The fourth-order valence-electron chi connectivity index (χ4n) is 4.07. The number of fused-ring (bicyclic) bond motifs is 2. The molecular formula is C23H25N3O5. The SMILES string of the molecule is COc1ccc(-c2ccc3c(c2)C(=O)N2CC[C@H](NC(=O)[C@H](C)O)C[C@H]2C(=O)N3)cc1. The summed E-state index contributed by atoms with van der Waals surface area (Å²) in [6.45, 7) is 1.73. The maximum Gasteiger partial charge on any atom is 0.256 e. The summed E-state index contributed by atoms with van der Waals surface area (Å²) < 4.78 is 5.20. The first-order chi connectivity index (χ1) is 14.9. The second kappa shape index (κ2) is 8.39. The van der Waals surface area contributed by atoms with Gasteiger partial charge in [-0.1, -0.05) is 18.2 Å². The van der Waals surface area contributed by atoms with Crippen LogP contribution in [0, 0.1) is 0 Å². The van der Waals surface area contributed by atoms with Gasteiger partial charge in [-0.15, -0.1) is 0 Å². The van der Waals surface area contributed by atoms with Crippen LogP contribution in [0.3, 0.4) is 0 Å². The van der Waals surface area contributed by atoms with E-state index in [0.29, 0.717) is 30.6 Å². The van der Waals surface area contributed by atoms with Gasteiger partial charge in [-0.3, -0.25) is 14.4 Å². The Morgan fingerprint density at radius 2 is 1.90 bits per heavy atom. The summed E-state index contributed by atoms with van der Waals surface area (Å²) in [5, 5.41) is 15.0. The van der Waals surface area contributed by atoms with Gasteiger partial charge in [0.1, 0.15) is 17.9 Å². The highest BCUT2D eigenvalue weighted by molar-refractivity contribution is 6.10. The maximum atomic E-state index is 13.3. The van der Waals surface area contributed by atoms with Crippen LogP contribution in [0.1, 0.15) is 30.1 Å². The summed E-state index contributed by atoms with van der Waals surface area (Å²) in [5.41, 5.74) is 2.71. The van der Waals surface area contributed by atoms with Crippen LogP contribution in [0.2, 0.25) is 0 Å². The lowest BCUT2D eigenvalue weighted by Crippen LogP contribution is -2.55. The van der Waals surface area contributed by atoms with E-state index in [4.69, 9.17) is 4.74 Å². The number of amides is 3. The highest BCUT2D eigenvalue weighted by Gasteiger charge is 2.40. The Morgan fingerprint density at radius 1 is 1.19 bits per heavy atom. The van der Waals surface area contributed by atoms with Crippen LogP contribution in [-0.4, -0.2) is 59.6 Å². The summed E-state index contributed by atoms with van der Waals surface area (Å²) in [7, 11) is 1.61. The van der Waals surface area contributed by atoms with E-state index in [1.165, 1.54) is 6.92 Å². The topological polar surface area (TPSA) is 108 Å². The normalized spacial score (nSPS) is 21.3. The second-order valence-corrected chi connectivity index (χ2v) is 7.90. The molecule has 0 aromatic heterocycles. The third-order valence-corrected chi connectivity index (χ3v) is 5.82. The van der Waals surface area contributed by atoms with Gasteiger partial charge in [-0.2, -0.15) is 0 Å². The van der Waals surface area contributed by atoms with Gasteiger partial charge < -0.3 is 25.4 Å². The molecule has 0 aliphatic carbocycles. The molecule has 2 aliphatic rings. The molecular weight excluding hydrogens is 398 g/mol. The molecule has 8 heteroatoms. The molecule has 2 aliphatic heterocycles. The summed E-state index contributed by atoms with van der Waals surface area (Å²) in [5.74, 6) is -0.226. The molecule has 2 aromatic carbocycles. The van der Waals surface area contributed by atoms with E-state index < -0.39 is 18.1 Å². The van der Waals surface area contributed by atoms with Crippen molar-refractivity contribution in [1.82, 2.24) is 10.2 Å². The number of nitrogens with one attached hydrogen (secondary N) is 2. The number of hydrogen-bond acceptors (Lipinski definition) is 5. The highest BCUT2D eigenvalue weighted by atomic mass is 16.5. The number of anilines is 1. The van der Waals surface area contributed by atoms with Crippen LogP contribution in [0.25, 0.3) is 11.1 Å². The number of rotatable bonds is 4. The van der Waals surface area contributed by atoms with Crippen LogP contribution in [0.15, 0.2) is 42.5 Å². The molecule has 0 saturated carbocycles. The van der Waals surface area contributed by atoms with E-state index in [1.54, 1.807) is 24.1 Å². The number of aliphatic hydroxyl groups excluding tert-OH is 1. The second-order valence-electron chi connectivity index (χ2n) is 7.90. The molecule has 3 atom stereocenters. The molecule has 4 rings (SSSR count). The molecule has 2 aromatic rings. The fourth-order valence-corrected chi connectivity index (χ4v) is 4.07. The van der Waals surface area contributed by atoms with Gasteiger partial charge in [0.2, 0.25) is 11.8 Å². The largest absolute Gasteiger partial charge is 0.497 e. The number of carbonyl (C=O) groups excluding carboxylic acids is 3. The van der Waals surface area contributed by atoms with Gasteiger partial charge in [0.25, 0.3) is 5.91 Å². The molecule has 3 N–H and O–H groups in total. The van der Waals surface area contributed by atoms with Crippen LogP contribution < -0.4 is 15.4 Å². The predicted molar refractivity (Wildman–Crippen MR) is 115 cm³/mol. The Morgan fingerprint density at radius 3 is 2.58 bits per heavy atom. The molecule has 2 heterocycles. The average molecular weight is 423 g/mol. The van der Waals surface area contributed by atoms with Crippen molar-refractivity contribution in [1.29, 1.82) is 0 Å². The monoisotopic (exact) mass is 423 g/mol. The zero-order valence-corrected chi connectivity index (χ0v) is 17.4. The smallest absolute Gasteiger partial charge is 0.256 e. The van der Waals surface area contributed by atoms with E-state index in [2.05, 4.69) is 10.6 Å². The number of ether oxygens (including phenoxy) is 1. The Bertz CT molecular complexity index is 1020. The Kier molecular flexibility index (Phi) is 5.65. The first-order valence-electron chi connectivity index (χ1n) is 10.3. The third kappa shape index (κ3) is 4.11. The summed E-state index contributed by atoms with van der Waals surface area (Å²) in [6, 6.07) is 12.0. The number of benzene rings is 2. The number of methoxy groups -OCH3 is 1. The molecule has 1 fully saturated rings. The average Bonchev–Trinajstić information content (AvgIpc) is 2.88. The van der Waals surface area contributed by atoms with E-state index in [0.717, 1.165) is 16.9 Å². The Balaban J connectivity index is 1.59. The Labute approximate surface area is 180 Å². The predicted octanol–water partition coefficient (Wildman–Crippen LogP) is 1.78. The Hall–Kier alpha value is -3.39. The molecule has 31 heavy (non-hydrogen) atoms. The van der Waals surface area contributed by atoms with Crippen molar-refractivity contribution in [3.63, 3.8) is 0 Å². The lowest BCUT2D eigenvalue weighted by molar-refractivity contribution is -0.130. The van der Waals surface area contributed by atoms with Crippen molar-refractivity contribution in [2.75, 3.05) is 19.0 Å². The minimum Gasteiger partial charge on any atom is -0.497 e. The zero-order chi connectivity index (χ0) is 22.1. The first-order valence-corrected chi connectivity index (χ1v) is 10.3. The summed E-state index contributed by atoms with van der Waals surface area (Å²) in [6.07, 6.45) is -0.306. The summed E-state index contributed by atoms with van der Waals surface area (Å²) >= 11 is 0.